The second-order valence-electron chi connectivity index (χ2n) is 17.3. The number of hydrogen-bond acceptors (Lipinski definition) is 14. The molecule has 0 spiro atoms. The van der Waals surface area contributed by atoms with Crippen LogP contribution in [-0.4, -0.2) is 95.7 Å². The maximum atomic E-state index is 12.3. The van der Waals surface area contributed by atoms with Crippen LogP contribution in [0.3, 0.4) is 0 Å². The van der Waals surface area contributed by atoms with Gasteiger partial charge in [0.15, 0.2) is 24.6 Å². The summed E-state index contributed by atoms with van der Waals surface area (Å²) >= 11 is 5.75. The molecule has 9 atom stereocenters. The molecule has 2 aliphatic heterocycles. The quantitative estimate of drug-likeness (QED) is 0.0436. The highest BCUT2D eigenvalue weighted by atomic mass is 32.1. The minimum atomic E-state index is -1.28. The summed E-state index contributed by atoms with van der Waals surface area (Å²) in [6, 6.07) is 35.0. The van der Waals surface area contributed by atoms with E-state index in [0.29, 0.717) is 24.6 Å². The third-order valence-electron chi connectivity index (χ3n) is 12.1. The molecular weight excluding hydrogens is 877 g/mol. The number of rotatable bonds is 16. The van der Waals surface area contributed by atoms with Crippen molar-refractivity contribution >= 4 is 62.6 Å². The Morgan fingerprint density at radius 1 is 0.672 bits per heavy atom. The Balaban J connectivity index is 1.06. The van der Waals surface area contributed by atoms with E-state index in [-0.39, 0.29) is 37.8 Å². The van der Waals surface area contributed by atoms with Gasteiger partial charge in [-0.3, -0.25) is 24.1 Å². The average Bonchev–Trinajstić information content (AvgIpc) is 3.30. The minimum absolute atomic E-state index is 0.0155. The average molecular weight is 935 g/mol. The molecule has 0 aromatic heterocycles. The summed E-state index contributed by atoms with van der Waals surface area (Å²) in [5.74, 6) is -2.73. The fraction of sp³-hybridized carbons (Fsp3) is 0.404. The number of fused-ring (bicyclic) bond motifs is 2. The molecule has 5 aromatic carbocycles. The molecule has 67 heavy (non-hydrogen) atoms. The molecule has 0 bridgehead atoms. The number of hydrogen-bond donors (Lipinski definition) is 2. The van der Waals surface area contributed by atoms with E-state index in [1.54, 1.807) is 0 Å². The van der Waals surface area contributed by atoms with Crippen molar-refractivity contribution in [1.82, 2.24) is 10.2 Å². The van der Waals surface area contributed by atoms with E-state index < -0.39 is 60.7 Å². The van der Waals surface area contributed by atoms with Crippen molar-refractivity contribution in [2.45, 2.75) is 110 Å². The second-order valence-corrected chi connectivity index (χ2v) is 17.8. The van der Waals surface area contributed by atoms with E-state index in [1.165, 1.54) is 54.8 Å². The van der Waals surface area contributed by atoms with Gasteiger partial charge in [0.2, 0.25) is 0 Å². The highest BCUT2D eigenvalue weighted by molar-refractivity contribution is 7.80. The number of aliphatic hydroxyl groups is 1. The Labute approximate surface area is 395 Å². The molecule has 0 saturated carbocycles. The Morgan fingerprint density at radius 3 is 1.81 bits per heavy atom. The fourth-order valence-corrected chi connectivity index (χ4v) is 9.21. The molecule has 2 fully saturated rings. The molecule has 5 aromatic rings. The largest absolute Gasteiger partial charge is 0.463 e. The molecule has 14 nitrogen and oxygen atoms in total. The molecule has 2 N–H and O–H groups in total. The topological polar surface area (TPSA) is 168 Å². The summed E-state index contributed by atoms with van der Waals surface area (Å²) < 4.78 is 41.7. The summed E-state index contributed by atoms with van der Waals surface area (Å²) in [5.41, 5.74) is 4.81. The summed E-state index contributed by atoms with van der Waals surface area (Å²) in [6.07, 6.45) is -6.96. The van der Waals surface area contributed by atoms with Crippen molar-refractivity contribution in [1.29, 1.82) is 0 Å². The number of carbonyl (C=O) groups is 4. The SMILES string of the molecule is CC(=O)OCC1OC(CC(=S)NCc2ccc(C3OC(CN(C)Cc4c5ccccc5cc5ccccc45)C(C)C(c4ccc(CO)cc4)O3)cc2)C(OC(C)=O)C(OC(C)=O)C1OC(C)=O. The van der Waals surface area contributed by atoms with Crippen molar-refractivity contribution in [2.75, 3.05) is 20.2 Å². The zero-order chi connectivity index (χ0) is 47.8. The van der Waals surface area contributed by atoms with Gasteiger partial charge in [0.05, 0.1) is 23.8 Å². The van der Waals surface area contributed by atoms with Gasteiger partial charge in [0.25, 0.3) is 0 Å². The maximum Gasteiger partial charge on any atom is 0.303 e. The van der Waals surface area contributed by atoms with Crippen molar-refractivity contribution in [3.8, 4) is 0 Å². The number of likely N-dealkylation sites (N-methyl/N-ethyl adjacent to an activating group) is 1. The predicted octanol–water partition coefficient (Wildman–Crippen LogP) is 7.34. The van der Waals surface area contributed by atoms with E-state index >= 15 is 0 Å². The van der Waals surface area contributed by atoms with Crippen LogP contribution in [-0.2, 0) is 72.0 Å². The van der Waals surface area contributed by atoms with E-state index in [0.717, 1.165) is 22.3 Å². The number of ether oxygens (including phenoxy) is 7. The van der Waals surface area contributed by atoms with Gasteiger partial charge in [-0.25, -0.2) is 0 Å². The van der Waals surface area contributed by atoms with Gasteiger partial charge in [-0.1, -0.05) is 116 Å². The molecule has 2 aliphatic rings. The molecule has 2 heterocycles. The molecule has 354 valence electrons. The van der Waals surface area contributed by atoms with E-state index in [2.05, 4.69) is 78.8 Å². The Morgan fingerprint density at radius 2 is 1.22 bits per heavy atom. The lowest BCUT2D eigenvalue weighted by molar-refractivity contribution is -0.276. The van der Waals surface area contributed by atoms with E-state index in [1.807, 2.05) is 48.5 Å². The molecule has 2 saturated heterocycles. The van der Waals surface area contributed by atoms with E-state index in [4.69, 9.17) is 45.4 Å². The predicted molar refractivity (Wildman–Crippen MR) is 253 cm³/mol. The smallest absolute Gasteiger partial charge is 0.303 e. The van der Waals surface area contributed by atoms with Crippen LogP contribution < -0.4 is 5.32 Å². The molecule has 15 heteroatoms. The first-order valence-corrected chi connectivity index (χ1v) is 22.8. The number of nitrogens with one attached hydrogen (secondary N) is 1. The van der Waals surface area contributed by atoms with Crippen molar-refractivity contribution < 1.29 is 57.4 Å². The monoisotopic (exact) mass is 934 g/mol. The minimum Gasteiger partial charge on any atom is -0.463 e. The zero-order valence-electron chi connectivity index (χ0n) is 38.5. The molecule has 0 aliphatic carbocycles. The maximum absolute atomic E-state index is 12.3. The summed E-state index contributed by atoms with van der Waals surface area (Å²) in [6.45, 7) is 8.22. The first-order valence-electron chi connectivity index (χ1n) is 22.4. The zero-order valence-corrected chi connectivity index (χ0v) is 39.4. The summed E-state index contributed by atoms with van der Waals surface area (Å²) in [4.78, 5) is 51.2. The number of nitrogens with zero attached hydrogens (tertiary/aromatic N) is 1. The van der Waals surface area contributed by atoms with Crippen LogP contribution >= 0.6 is 12.2 Å². The van der Waals surface area contributed by atoms with Gasteiger partial charge in [-0.15, -0.1) is 0 Å². The number of carbonyl (C=O) groups excluding carboxylic acids is 4. The highest BCUT2D eigenvalue weighted by Gasteiger charge is 2.52. The van der Waals surface area contributed by atoms with Gasteiger partial charge in [-0.05, 0) is 56.9 Å². The Kier molecular flexibility index (Phi) is 16.4. The number of benzene rings is 5. The van der Waals surface area contributed by atoms with Crippen LogP contribution in [0.5, 0.6) is 0 Å². The lowest BCUT2D eigenvalue weighted by atomic mass is 9.89. The molecule has 0 radical (unpaired) electrons. The van der Waals surface area contributed by atoms with Crippen LogP contribution in [0, 0.1) is 5.92 Å². The standard InChI is InChI=1S/C52H58N2O12S/c1-30-45(27-54(6)26-43-41-13-9-7-11-39(41)23-40-12-8-10-14-42(40)43)65-52(66-48(30)37-19-17-36(28-55)18-20-37)38-21-15-35(16-22-38)25-53-47(67)24-44-49(61-32(3)57)51(63-34(5)59)50(62-33(4)58)46(64-44)29-60-31(2)56/h7-23,30,44-46,48-52,55H,24-29H2,1-6H3,(H,53,67). The normalized spacial score (nSPS) is 23.9. The Bertz CT molecular complexity index is 2500. The fourth-order valence-electron chi connectivity index (χ4n) is 8.98. The third-order valence-corrected chi connectivity index (χ3v) is 12.5. The van der Waals surface area contributed by atoms with Crippen LogP contribution in [0.15, 0.2) is 103 Å². The second kappa shape index (κ2) is 22.3. The Hall–Kier alpha value is -5.81. The van der Waals surface area contributed by atoms with Gasteiger partial charge in [-0.2, -0.15) is 0 Å². The molecule has 0 amide bonds. The van der Waals surface area contributed by atoms with Gasteiger partial charge in [0.1, 0.15) is 18.8 Å². The van der Waals surface area contributed by atoms with Crippen LogP contribution in [0.1, 0.15) is 81.3 Å². The molecule has 9 unspecified atom stereocenters. The first-order chi connectivity index (χ1) is 32.2. The van der Waals surface area contributed by atoms with Crippen molar-refractivity contribution in [3.05, 3.63) is 131 Å². The van der Waals surface area contributed by atoms with Crippen LogP contribution in [0.2, 0.25) is 0 Å². The highest BCUT2D eigenvalue weighted by Crippen LogP contribution is 2.42. The van der Waals surface area contributed by atoms with Crippen LogP contribution in [0.25, 0.3) is 21.5 Å². The lowest BCUT2D eigenvalue weighted by Crippen LogP contribution is -2.62. The molecule has 7 rings (SSSR count). The van der Waals surface area contributed by atoms with E-state index in [9.17, 15) is 24.3 Å². The first kappa shape index (κ1) is 49.1. The van der Waals surface area contributed by atoms with Crippen molar-refractivity contribution in [3.63, 3.8) is 0 Å². The van der Waals surface area contributed by atoms with Crippen molar-refractivity contribution in [2.24, 2.45) is 5.92 Å². The summed E-state index contributed by atoms with van der Waals surface area (Å²) in [5, 5.41) is 17.9. The third kappa shape index (κ3) is 12.4. The number of esters is 4. The number of thiocarbonyl (C=S) groups is 1. The summed E-state index contributed by atoms with van der Waals surface area (Å²) in [7, 11) is 2.13. The van der Waals surface area contributed by atoms with Crippen LogP contribution in [0.4, 0.5) is 0 Å². The number of aliphatic hydroxyl groups excluding tert-OH is 1. The molecular formula is C52H58N2O12S. The van der Waals surface area contributed by atoms with Gasteiger partial charge < -0.3 is 43.6 Å². The lowest BCUT2D eigenvalue weighted by Gasteiger charge is -2.44. The van der Waals surface area contributed by atoms with Gasteiger partial charge in [0, 0.05) is 65.2 Å². The van der Waals surface area contributed by atoms with Gasteiger partial charge >= 0.3 is 23.9 Å².